The van der Waals surface area contributed by atoms with Crippen molar-refractivity contribution in [1.82, 2.24) is 24.7 Å². The Hall–Kier alpha value is -5.39. The van der Waals surface area contributed by atoms with Crippen molar-refractivity contribution in [1.29, 1.82) is 0 Å². The van der Waals surface area contributed by atoms with Crippen molar-refractivity contribution in [3.63, 3.8) is 0 Å². The SMILES string of the molecule is C=C(F)C(=O)Nc1ccc(-c2c(-c3ccc(C(=O)NCC(F)(F)F)c(Cl)c3)c3c(N)ncc(C#CC(=O)N4CCN(CC)CC4)c3n2C)cc1. The first-order valence-electron chi connectivity index (χ1n) is 15.4. The third-order valence-corrected chi connectivity index (χ3v) is 8.58. The topological polar surface area (TPSA) is 126 Å². The van der Waals surface area contributed by atoms with Crippen molar-refractivity contribution < 1.29 is 31.9 Å². The molecule has 0 bridgehead atoms. The number of carbonyl (C=O) groups is 3. The number of likely N-dealkylation sites (N-methyl/N-ethyl adjacent to an activating group) is 1. The summed E-state index contributed by atoms with van der Waals surface area (Å²) in [5.41, 5.74) is 9.61. The quantitative estimate of drug-likeness (QED) is 0.135. The van der Waals surface area contributed by atoms with E-state index >= 15 is 0 Å². The maximum absolute atomic E-state index is 13.3. The summed E-state index contributed by atoms with van der Waals surface area (Å²) < 4.78 is 53.4. The molecule has 0 aliphatic carbocycles. The molecule has 15 heteroatoms. The van der Waals surface area contributed by atoms with Crippen LogP contribution in [0.5, 0.6) is 0 Å². The van der Waals surface area contributed by atoms with Crippen LogP contribution in [0.3, 0.4) is 0 Å². The molecule has 5 rings (SSSR count). The Morgan fingerprint density at radius 3 is 2.32 bits per heavy atom. The fourth-order valence-corrected chi connectivity index (χ4v) is 5.99. The summed E-state index contributed by atoms with van der Waals surface area (Å²) in [5.74, 6) is 2.32. The number of hydrogen-bond donors (Lipinski definition) is 3. The molecule has 3 amide bonds. The zero-order chi connectivity index (χ0) is 36.3. The predicted octanol–water partition coefficient (Wildman–Crippen LogP) is 5.37. The minimum absolute atomic E-state index is 0.109. The number of nitrogens with zero attached hydrogens (tertiary/aromatic N) is 4. The Kier molecular flexibility index (Phi) is 10.5. The number of rotatable bonds is 7. The summed E-state index contributed by atoms with van der Waals surface area (Å²) in [4.78, 5) is 45.7. The van der Waals surface area contributed by atoms with Gasteiger partial charge in [-0.05, 0) is 41.9 Å². The summed E-state index contributed by atoms with van der Waals surface area (Å²) in [6, 6.07) is 10.7. The molecule has 1 saturated heterocycles. The van der Waals surface area contributed by atoms with E-state index in [0.717, 1.165) is 19.6 Å². The average molecular weight is 710 g/mol. The molecule has 2 aromatic heterocycles. The first kappa shape index (κ1) is 35.9. The minimum Gasteiger partial charge on any atom is -0.383 e. The lowest BCUT2D eigenvalue weighted by Gasteiger charge is -2.32. The van der Waals surface area contributed by atoms with Gasteiger partial charge in [-0.15, -0.1) is 0 Å². The first-order valence-corrected chi connectivity index (χ1v) is 15.8. The fourth-order valence-electron chi connectivity index (χ4n) is 5.73. The molecule has 4 N–H and O–H groups in total. The van der Waals surface area contributed by atoms with E-state index in [2.05, 4.69) is 40.5 Å². The van der Waals surface area contributed by atoms with Crippen molar-refractivity contribution in [3.05, 3.63) is 77.2 Å². The van der Waals surface area contributed by atoms with Gasteiger partial charge in [0, 0.05) is 56.6 Å². The number of amides is 3. The lowest BCUT2D eigenvalue weighted by atomic mass is 9.96. The number of alkyl halides is 3. The van der Waals surface area contributed by atoms with Crippen molar-refractivity contribution in [2.24, 2.45) is 7.05 Å². The number of halogens is 5. The van der Waals surface area contributed by atoms with Gasteiger partial charge in [0.25, 0.3) is 17.7 Å². The molecule has 0 saturated carbocycles. The Balaban J connectivity index is 1.64. The number of hydrogen-bond acceptors (Lipinski definition) is 6. The highest BCUT2D eigenvalue weighted by Crippen LogP contribution is 2.44. The standard InChI is InChI=1S/C35H32ClF4N7O3/c1-4-46-13-15-47(16-14-46)27(48)12-8-23-18-42-32(41)29-28(22-7-11-25(26(36)17-22)34(50)43-19-35(38,39)40)30(45(3)31(23)29)21-5-9-24(10-6-21)44-33(49)20(2)37/h5-7,9-11,17-18H,2,4,13-16,19H2,1,3H3,(H2,41,42)(H,43,50)(H,44,49). The fraction of sp³-hybridized carbons (Fsp3) is 0.257. The van der Waals surface area contributed by atoms with Gasteiger partial charge in [-0.25, -0.2) is 9.37 Å². The summed E-state index contributed by atoms with van der Waals surface area (Å²) in [6.45, 7) is 7.02. The van der Waals surface area contributed by atoms with Gasteiger partial charge in [-0.3, -0.25) is 14.4 Å². The molecule has 2 aromatic carbocycles. The Labute approximate surface area is 289 Å². The van der Waals surface area contributed by atoms with Crippen LogP contribution in [0, 0.1) is 11.8 Å². The number of anilines is 2. The molecule has 0 unspecified atom stereocenters. The molecule has 10 nitrogen and oxygen atoms in total. The number of piperazine rings is 1. The van der Waals surface area contributed by atoms with E-state index in [0.29, 0.717) is 57.6 Å². The largest absolute Gasteiger partial charge is 0.405 e. The van der Waals surface area contributed by atoms with Crippen molar-refractivity contribution in [2.75, 3.05) is 50.3 Å². The van der Waals surface area contributed by atoms with Crippen LogP contribution in [0.15, 0.2) is 61.1 Å². The summed E-state index contributed by atoms with van der Waals surface area (Å²) in [5, 5.41) is 4.53. The molecule has 1 fully saturated rings. The van der Waals surface area contributed by atoms with Gasteiger partial charge < -0.3 is 30.7 Å². The molecule has 260 valence electrons. The van der Waals surface area contributed by atoms with Crippen LogP contribution in [0.2, 0.25) is 5.02 Å². The van der Waals surface area contributed by atoms with E-state index in [4.69, 9.17) is 17.3 Å². The molecular formula is C35H32ClF4N7O3. The highest BCUT2D eigenvalue weighted by atomic mass is 35.5. The van der Waals surface area contributed by atoms with E-state index in [9.17, 15) is 31.9 Å². The molecule has 1 aliphatic heterocycles. The minimum atomic E-state index is -4.61. The Bertz CT molecular complexity index is 2060. The number of nitrogen functional groups attached to an aromatic ring is 1. The van der Waals surface area contributed by atoms with Crippen LogP contribution in [0.25, 0.3) is 33.3 Å². The van der Waals surface area contributed by atoms with Gasteiger partial charge in [-0.1, -0.05) is 49.2 Å². The van der Waals surface area contributed by atoms with Gasteiger partial charge >= 0.3 is 6.18 Å². The smallest absolute Gasteiger partial charge is 0.383 e. The van der Waals surface area contributed by atoms with Gasteiger partial charge in [0.05, 0.1) is 32.7 Å². The zero-order valence-electron chi connectivity index (χ0n) is 27.0. The Morgan fingerprint density at radius 1 is 1.06 bits per heavy atom. The molecule has 1 aliphatic rings. The van der Waals surface area contributed by atoms with Crippen molar-refractivity contribution >= 4 is 51.7 Å². The lowest BCUT2D eigenvalue weighted by molar-refractivity contribution is -0.126. The molecule has 0 atom stereocenters. The number of aryl methyl sites for hydroxylation is 1. The van der Waals surface area contributed by atoms with Gasteiger partial charge in [0.1, 0.15) is 12.4 Å². The van der Waals surface area contributed by atoms with E-state index in [1.807, 2.05) is 5.32 Å². The molecular weight excluding hydrogens is 678 g/mol. The van der Waals surface area contributed by atoms with Gasteiger partial charge in [-0.2, -0.15) is 13.2 Å². The summed E-state index contributed by atoms with van der Waals surface area (Å²) >= 11 is 6.48. The van der Waals surface area contributed by atoms with Gasteiger partial charge in [0.15, 0.2) is 5.83 Å². The maximum Gasteiger partial charge on any atom is 0.405 e. The van der Waals surface area contributed by atoms with Crippen molar-refractivity contribution in [2.45, 2.75) is 13.1 Å². The predicted molar refractivity (Wildman–Crippen MR) is 184 cm³/mol. The van der Waals surface area contributed by atoms with E-state index in [-0.39, 0.29) is 22.3 Å². The third-order valence-electron chi connectivity index (χ3n) is 8.26. The number of aromatic nitrogens is 2. The summed E-state index contributed by atoms with van der Waals surface area (Å²) in [6.07, 6.45) is -3.15. The van der Waals surface area contributed by atoms with E-state index in [1.54, 1.807) is 40.8 Å². The van der Waals surface area contributed by atoms with Gasteiger partial charge in [0.2, 0.25) is 0 Å². The van der Waals surface area contributed by atoms with Crippen LogP contribution in [-0.2, 0) is 16.6 Å². The van der Waals surface area contributed by atoms with Crippen LogP contribution in [0.4, 0.5) is 29.1 Å². The second-order valence-electron chi connectivity index (χ2n) is 11.5. The monoisotopic (exact) mass is 709 g/mol. The average Bonchev–Trinajstić information content (AvgIpc) is 3.40. The highest BCUT2D eigenvalue weighted by Gasteiger charge is 2.29. The zero-order valence-corrected chi connectivity index (χ0v) is 27.8. The lowest BCUT2D eigenvalue weighted by Crippen LogP contribution is -2.48. The maximum atomic E-state index is 13.3. The number of pyridine rings is 1. The first-order chi connectivity index (χ1) is 23.7. The highest BCUT2D eigenvalue weighted by molar-refractivity contribution is 6.34. The van der Waals surface area contributed by atoms with Crippen LogP contribution < -0.4 is 16.4 Å². The molecule has 3 heterocycles. The number of fused-ring (bicyclic) bond motifs is 1. The molecule has 50 heavy (non-hydrogen) atoms. The second-order valence-corrected chi connectivity index (χ2v) is 11.9. The number of nitrogens with one attached hydrogen (secondary N) is 2. The summed E-state index contributed by atoms with van der Waals surface area (Å²) in [7, 11) is 1.75. The number of carbonyl (C=O) groups excluding carboxylic acids is 3. The molecule has 0 spiro atoms. The van der Waals surface area contributed by atoms with Crippen LogP contribution in [0.1, 0.15) is 22.8 Å². The van der Waals surface area contributed by atoms with Crippen LogP contribution in [-0.4, -0.2) is 82.5 Å². The third kappa shape index (κ3) is 7.74. The number of benzene rings is 2. The Morgan fingerprint density at radius 2 is 1.72 bits per heavy atom. The van der Waals surface area contributed by atoms with E-state index < -0.39 is 30.4 Å². The second kappa shape index (κ2) is 14.6. The van der Waals surface area contributed by atoms with Crippen LogP contribution >= 0.6 is 11.6 Å². The molecule has 4 aromatic rings. The number of nitrogens with two attached hydrogens (primary N) is 1. The molecule has 0 radical (unpaired) electrons. The van der Waals surface area contributed by atoms with Crippen molar-refractivity contribution in [3.8, 4) is 34.2 Å². The normalized spacial score (nSPS) is 13.5. The van der Waals surface area contributed by atoms with E-state index in [1.165, 1.54) is 24.4 Å².